The molecule has 2 unspecified atom stereocenters. The maximum atomic E-state index is 12.9. The summed E-state index contributed by atoms with van der Waals surface area (Å²) in [4.78, 5) is 25.8. The third-order valence-electron chi connectivity index (χ3n) is 4.66. The second-order valence-corrected chi connectivity index (χ2v) is 6.57. The van der Waals surface area contributed by atoms with Crippen molar-refractivity contribution < 1.29 is 42.4 Å². The Labute approximate surface area is 163 Å². The van der Waals surface area contributed by atoms with Crippen LogP contribution in [0, 0.1) is 0 Å². The molecule has 0 spiro atoms. The maximum absolute atomic E-state index is 12.9. The number of benzene rings is 1. The van der Waals surface area contributed by atoms with Crippen molar-refractivity contribution in [1.82, 2.24) is 4.90 Å². The number of nitrogens with zero attached hydrogens (tertiary/aromatic N) is 1. The molecule has 0 aliphatic carbocycles. The fraction of sp³-hybridized carbons (Fsp3) is 0.444. The third kappa shape index (κ3) is 4.15. The van der Waals surface area contributed by atoms with Crippen LogP contribution in [-0.4, -0.2) is 66.1 Å². The summed E-state index contributed by atoms with van der Waals surface area (Å²) >= 11 is 0. The summed E-state index contributed by atoms with van der Waals surface area (Å²) < 4.78 is 48.3. The van der Waals surface area contributed by atoms with E-state index in [1.54, 1.807) is 0 Å². The van der Waals surface area contributed by atoms with Crippen molar-refractivity contribution in [2.45, 2.75) is 24.8 Å². The zero-order valence-corrected chi connectivity index (χ0v) is 15.3. The van der Waals surface area contributed by atoms with Gasteiger partial charge >= 0.3 is 12.1 Å². The number of esters is 1. The number of ether oxygens (including phenoxy) is 2. The topological polar surface area (TPSA) is 108 Å². The molecule has 0 radical (unpaired) electrons. The molecular formula is C18H19F3N2O6. The Hall–Kier alpha value is -2.79. The molecule has 3 N–H and O–H groups in total. The normalized spacial score (nSPS) is 21.7. The fourth-order valence-corrected chi connectivity index (χ4v) is 3.22. The summed E-state index contributed by atoms with van der Waals surface area (Å²) in [5.74, 6) is -1.37. The van der Waals surface area contributed by atoms with E-state index >= 15 is 0 Å². The van der Waals surface area contributed by atoms with Gasteiger partial charge in [-0.1, -0.05) is 0 Å². The van der Waals surface area contributed by atoms with Crippen LogP contribution in [0.15, 0.2) is 29.5 Å². The molecule has 158 valence electrons. The average molecular weight is 416 g/mol. The number of carbonyl (C=O) groups excluding carboxylic acids is 2. The van der Waals surface area contributed by atoms with E-state index in [1.807, 2.05) is 0 Å². The third-order valence-corrected chi connectivity index (χ3v) is 4.66. The monoisotopic (exact) mass is 416 g/mol. The molecule has 1 aromatic rings. The van der Waals surface area contributed by atoms with E-state index in [9.17, 15) is 27.9 Å². The Bertz CT molecular complexity index is 854. The van der Waals surface area contributed by atoms with Crippen molar-refractivity contribution in [3.8, 4) is 5.75 Å². The highest BCUT2D eigenvalue weighted by Crippen LogP contribution is 2.41. The highest BCUT2D eigenvalue weighted by molar-refractivity contribution is 6.08. The Morgan fingerprint density at radius 2 is 2.14 bits per heavy atom. The predicted molar refractivity (Wildman–Crippen MR) is 92.8 cm³/mol. The number of hydrogen-bond donors (Lipinski definition) is 3. The smallest absolute Gasteiger partial charge is 0.425 e. The van der Waals surface area contributed by atoms with E-state index in [-0.39, 0.29) is 48.0 Å². The number of aliphatic hydroxyl groups excluding tert-OH is 2. The molecule has 0 saturated heterocycles. The van der Waals surface area contributed by atoms with E-state index < -0.39 is 36.7 Å². The van der Waals surface area contributed by atoms with Crippen molar-refractivity contribution in [3.63, 3.8) is 0 Å². The number of methoxy groups -OCH3 is 1. The minimum Gasteiger partial charge on any atom is -0.480 e. The van der Waals surface area contributed by atoms with Gasteiger partial charge in [0.2, 0.25) is 0 Å². The number of halogens is 3. The van der Waals surface area contributed by atoms with E-state index in [2.05, 4.69) is 10.1 Å². The first-order valence-corrected chi connectivity index (χ1v) is 8.69. The lowest BCUT2D eigenvalue weighted by molar-refractivity contribution is -0.207. The first-order chi connectivity index (χ1) is 13.7. The molecule has 2 heterocycles. The van der Waals surface area contributed by atoms with Gasteiger partial charge in [-0.2, -0.15) is 13.2 Å². The molecule has 8 nitrogen and oxygen atoms in total. The Morgan fingerprint density at radius 3 is 2.76 bits per heavy atom. The molecular weight excluding hydrogens is 397 g/mol. The molecule has 1 amide bonds. The summed E-state index contributed by atoms with van der Waals surface area (Å²) in [5, 5.41) is 22.0. The number of β-amino-alcohol motifs (C(OH)–C–C–N with tert-alkyl or cyclic N) is 1. The minimum atomic E-state index is -4.61. The standard InChI is InChI=1S/C18H19F3N2O6/c1-28-17(27)11-8-23(4-5-24)16(26)15(11)22-9-2-3-13-10(6-9)12(25)7-14(29-13)18(19,20)21/h2-3,6,12,14,22,24-25H,4-5,7-8H2,1H3. The van der Waals surface area contributed by atoms with Crippen LogP contribution in [0.25, 0.3) is 0 Å². The maximum Gasteiger partial charge on any atom is 0.425 e. The van der Waals surface area contributed by atoms with Crippen LogP contribution in [0.1, 0.15) is 18.1 Å². The lowest BCUT2D eigenvalue weighted by Gasteiger charge is -2.31. The number of anilines is 1. The van der Waals surface area contributed by atoms with E-state index in [1.165, 1.54) is 23.1 Å². The van der Waals surface area contributed by atoms with E-state index in [0.29, 0.717) is 0 Å². The van der Waals surface area contributed by atoms with Gasteiger partial charge in [-0.05, 0) is 18.2 Å². The molecule has 1 aromatic carbocycles. The van der Waals surface area contributed by atoms with Crippen LogP contribution in [0.2, 0.25) is 0 Å². The molecule has 0 bridgehead atoms. The number of carbonyl (C=O) groups is 2. The van der Waals surface area contributed by atoms with E-state index in [0.717, 1.165) is 7.11 Å². The van der Waals surface area contributed by atoms with Crippen molar-refractivity contribution in [1.29, 1.82) is 0 Å². The van der Waals surface area contributed by atoms with Gasteiger partial charge in [0, 0.05) is 24.2 Å². The predicted octanol–water partition coefficient (Wildman–Crippen LogP) is 1.11. The van der Waals surface area contributed by atoms with Gasteiger partial charge in [0.15, 0.2) is 6.10 Å². The molecule has 29 heavy (non-hydrogen) atoms. The van der Waals surface area contributed by atoms with Gasteiger partial charge < -0.3 is 29.9 Å². The fourth-order valence-electron chi connectivity index (χ4n) is 3.22. The number of aliphatic hydroxyl groups is 2. The van der Waals surface area contributed by atoms with Crippen molar-refractivity contribution in [2.75, 3.05) is 32.1 Å². The van der Waals surface area contributed by atoms with Crippen LogP contribution >= 0.6 is 0 Å². The zero-order valence-electron chi connectivity index (χ0n) is 15.3. The molecule has 2 aliphatic heterocycles. The van der Waals surface area contributed by atoms with Crippen molar-refractivity contribution >= 4 is 17.6 Å². The van der Waals surface area contributed by atoms with Gasteiger partial charge in [0.05, 0.1) is 31.9 Å². The Balaban J connectivity index is 1.88. The van der Waals surface area contributed by atoms with Gasteiger partial charge in [-0.15, -0.1) is 0 Å². The number of amides is 1. The summed E-state index contributed by atoms with van der Waals surface area (Å²) in [7, 11) is 1.16. The first kappa shape index (κ1) is 20.9. The van der Waals surface area contributed by atoms with Crippen LogP contribution in [0.5, 0.6) is 5.75 Å². The first-order valence-electron chi connectivity index (χ1n) is 8.69. The van der Waals surface area contributed by atoms with Gasteiger partial charge in [-0.25, -0.2) is 4.79 Å². The van der Waals surface area contributed by atoms with Gasteiger partial charge in [-0.3, -0.25) is 4.79 Å². The van der Waals surface area contributed by atoms with Crippen molar-refractivity contribution in [3.05, 3.63) is 35.0 Å². The van der Waals surface area contributed by atoms with Crippen LogP contribution in [-0.2, 0) is 14.3 Å². The highest BCUT2D eigenvalue weighted by Gasteiger charge is 2.46. The minimum absolute atomic E-state index is 0.0140. The van der Waals surface area contributed by atoms with Gasteiger partial charge in [0.1, 0.15) is 11.4 Å². The molecule has 0 aromatic heterocycles. The molecule has 0 saturated carbocycles. The summed E-state index contributed by atoms with van der Waals surface area (Å²) in [5.41, 5.74) is 0.392. The summed E-state index contributed by atoms with van der Waals surface area (Å²) in [6, 6.07) is 3.98. The van der Waals surface area contributed by atoms with Crippen molar-refractivity contribution in [2.24, 2.45) is 0 Å². The summed E-state index contributed by atoms with van der Waals surface area (Å²) in [6.45, 7) is -0.339. The molecule has 3 rings (SSSR count). The average Bonchev–Trinajstić information content (AvgIpc) is 2.97. The zero-order chi connectivity index (χ0) is 21.3. The number of hydrogen-bond acceptors (Lipinski definition) is 7. The lowest BCUT2D eigenvalue weighted by atomic mass is 9.98. The second kappa shape index (κ2) is 7.91. The summed E-state index contributed by atoms with van der Waals surface area (Å²) in [6.07, 6.45) is -8.78. The van der Waals surface area contributed by atoms with Crippen LogP contribution < -0.4 is 10.1 Å². The highest BCUT2D eigenvalue weighted by atomic mass is 19.4. The molecule has 11 heteroatoms. The van der Waals surface area contributed by atoms with E-state index in [4.69, 9.17) is 9.84 Å². The molecule has 2 aliphatic rings. The Morgan fingerprint density at radius 1 is 1.41 bits per heavy atom. The number of nitrogens with one attached hydrogen (secondary N) is 1. The Kier molecular flexibility index (Phi) is 5.71. The van der Waals surface area contributed by atoms with Gasteiger partial charge in [0.25, 0.3) is 5.91 Å². The SMILES string of the molecule is COC(=O)C1=C(Nc2ccc3c(c2)C(O)CC(C(F)(F)F)O3)C(=O)N(CCO)C1. The number of fused-ring (bicyclic) bond motifs is 1. The second-order valence-electron chi connectivity index (χ2n) is 6.57. The molecule has 0 fully saturated rings. The quantitative estimate of drug-likeness (QED) is 0.617. The number of rotatable bonds is 5. The molecule has 2 atom stereocenters. The van der Waals surface area contributed by atoms with Crippen LogP contribution in [0.3, 0.4) is 0 Å². The van der Waals surface area contributed by atoms with Crippen LogP contribution in [0.4, 0.5) is 18.9 Å². The number of alkyl halides is 3. The largest absolute Gasteiger partial charge is 0.480 e. The lowest BCUT2D eigenvalue weighted by Crippen LogP contribution is -2.38.